The number of rotatable bonds is 7. The molecule has 1 aromatic heterocycles. The van der Waals surface area contributed by atoms with Gasteiger partial charge in [-0.2, -0.15) is 0 Å². The van der Waals surface area contributed by atoms with E-state index < -0.39 is 0 Å². The summed E-state index contributed by atoms with van der Waals surface area (Å²) in [6.45, 7) is 5.22. The number of hydrogen-bond donors (Lipinski definition) is 2. The maximum absolute atomic E-state index is 12.0. The van der Waals surface area contributed by atoms with E-state index in [1.165, 1.54) is 6.20 Å². The molecule has 1 rings (SSSR count). The van der Waals surface area contributed by atoms with Crippen LogP contribution in [0, 0.1) is 0 Å². The van der Waals surface area contributed by atoms with Crippen LogP contribution in [0.1, 0.15) is 30.6 Å². The highest BCUT2D eigenvalue weighted by atomic mass is 35.5. The first-order valence-electron chi connectivity index (χ1n) is 6.27. The van der Waals surface area contributed by atoms with Crippen LogP contribution in [0.4, 0.5) is 5.82 Å². The summed E-state index contributed by atoms with van der Waals surface area (Å²) >= 11 is 6.05. The van der Waals surface area contributed by atoms with Gasteiger partial charge in [0, 0.05) is 32.5 Å². The van der Waals surface area contributed by atoms with Crippen LogP contribution < -0.4 is 10.6 Å². The van der Waals surface area contributed by atoms with Gasteiger partial charge in [-0.3, -0.25) is 4.79 Å². The maximum Gasteiger partial charge on any atom is 0.253 e. The largest absolute Gasteiger partial charge is 0.385 e. The zero-order chi connectivity index (χ0) is 14.3. The Kier molecular flexibility index (Phi) is 6.59. The van der Waals surface area contributed by atoms with Gasteiger partial charge in [0.1, 0.15) is 5.82 Å². The van der Waals surface area contributed by atoms with Gasteiger partial charge in [0.05, 0.1) is 10.6 Å². The smallest absolute Gasteiger partial charge is 0.253 e. The molecular formula is C13H20ClN3O2. The standard InChI is InChI=1S/C13H20ClN3O2/c1-4-15-12-11(14)7-10(8-16-12)13(18)17-9(2)5-6-19-3/h7-9H,4-6H2,1-3H3,(H,15,16)(H,17,18). The van der Waals surface area contributed by atoms with Gasteiger partial charge in [-0.15, -0.1) is 0 Å². The number of halogens is 1. The fraction of sp³-hybridized carbons (Fsp3) is 0.538. The van der Waals surface area contributed by atoms with Gasteiger partial charge in [0.2, 0.25) is 0 Å². The van der Waals surface area contributed by atoms with Gasteiger partial charge in [0.25, 0.3) is 5.91 Å². The lowest BCUT2D eigenvalue weighted by Gasteiger charge is -2.13. The van der Waals surface area contributed by atoms with E-state index in [4.69, 9.17) is 16.3 Å². The Balaban J connectivity index is 2.64. The Morgan fingerprint density at radius 3 is 2.89 bits per heavy atom. The average molecular weight is 286 g/mol. The number of amides is 1. The van der Waals surface area contributed by atoms with Gasteiger partial charge in [-0.25, -0.2) is 4.98 Å². The minimum atomic E-state index is -0.180. The van der Waals surface area contributed by atoms with Crippen LogP contribution in [0.5, 0.6) is 0 Å². The molecule has 1 amide bonds. The summed E-state index contributed by atoms with van der Waals surface area (Å²) < 4.78 is 4.97. The number of ether oxygens (including phenoxy) is 1. The Hall–Kier alpha value is -1.33. The SMILES string of the molecule is CCNc1ncc(C(=O)NC(C)CCOC)cc1Cl. The Morgan fingerprint density at radius 1 is 1.58 bits per heavy atom. The molecule has 0 aliphatic heterocycles. The van der Waals surface area contributed by atoms with Crippen LogP contribution in [-0.2, 0) is 4.74 Å². The molecule has 1 aromatic rings. The molecular weight excluding hydrogens is 266 g/mol. The fourth-order valence-electron chi connectivity index (χ4n) is 1.53. The summed E-state index contributed by atoms with van der Waals surface area (Å²) in [7, 11) is 1.64. The molecule has 0 bridgehead atoms. The van der Waals surface area contributed by atoms with Crippen LogP contribution in [0.25, 0.3) is 0 Å². The van der Waals surface area contributed by atoms with Gasteiger partial charge in [0.15, 0.2) is 0 Å². The van der Waals surface area contributed by atoms with Crippen molar-refractivity contribution in [3.63, 3.8) is 0 Å². The summed E-state index contributed by atoms with van der Waals surface area (Å²) in [4.78, 5) is 16.1. The Labute approximate surface area is 118 Å². The molecule has 2 N–H and O–H groups in total. The molecule has 5 nitrogen and oxygen atoms in total. The summed E-state index contributed by atoms with van der Waals surface area (Å²) in [5.41, 5.74) is 0.455. The van der Waals surface area contributed by atoms with Crippen molar-refractivity contribution >= 4 is 23.3 Å². The molecule has 0 aliphatic carbocycles. The molecule has 106 valence electrons. The highest BCUT2D eigenvalue weighted by Gasteiger charge is 2.12. The summed E-state index contributed by atoms with van der Waals surface area (Å²) in [5.74, 6) is 0.411. The monoisotopic (exact) mass is 285 g/mol. The quantitative estimate of drug-likeness (QED) is 0.807. The maximum atomic E-state index is 12.0. The van der Waals surface area contributed by atoms with Crippen LogP contribution in [0.2, 0.25) is 5.02 Å². The number of methoxy groups -OCH3 is 1. The molecule has 0 saturated carbocycles. The predicted molar refractivity (Wildman–Crippen MR) is 76.8 cm³/mol. The second-order valence-electron chi connectivity index (χ2n) is 4.24. The highest BCUT2D eigenvalue weighted by molar-refractivity contribution is 6.33. The van der Waals surface area contributed by atoms with Gasteiger partial charge < -0.3 is 15.4 Å². The number of nitrogens with one attached hydrogen (secondary N) is 2. The number of hydrogen-bond acceptors (Lipinski definition) is 4. The number of pyridine rings is 1. The summed E-state index contributed by atoms with van der Waals surface area (Å²) in [6.07, 6.45) is 2.28. The molecule has 1 unspecified atom stereocenters. The van der Waals surface area contributed by atoms with E-state index in [1.807, 2.05) is 13.8 Å². The van der Waals surface area contributed by atoms with Crippen molar-refractivity contribution in [1.29, 1.82) is 0 Å². The van der Waals surface area contributed by atoms with Crippen molar-refractivity contribution in [2.45, 2.75) is 26.3 Å². The van der Waals surface area contributed by atoms with E-state index >= 15 is 0 Å². The zero-order valence-corrected chi connectivity index (χ0v) is 12.3. The summed E-state index contributed by atoms with van der Waals surface area (Å²) in [5, 5.41) is 6.33. The average Bonchev–Trinajstić information content (AvgIpc) is 2.38. The van der Waals surface area contributed by atoms with Crippen molar-refractivity contribution in [2.75, 3.05) is 25.6 Å². The number of carbonyl (C=O) groups excluding carboxylic acids is 1. The lowest BCUT2D eigenvalue weighted by Crippen LogP contribution is -2.33. The van der Waals surface area contributed by atoms with E-state index in [0.717, 1.165) is 13.0 Å². The van der Waals surface area contributed by atoms with Crippen molar-refractivity contribution in [2.24, 2.45) is 0 Å². The van der Waals surface area contributed by atoms with Crippen LogP contribution in [0.3, 0.4) is 0 Å². The molecule has 1 atom stereocenters. The number of carbonyl (C=O) groups is 1. The normalized spacial score (nSPS) is 12.0. The zero-order valence-electron chi connectivity index (χ0n) is 11.5. The molecule has 0 radical (unpaired) electrons. The molecule has 1 heterocycles. The van der Waals surface area contributed by atoms with Crippen LogP contribution in [-0.4, -0.2) is 37.2 Å². The third-order valence-corrected chi connectivity index (χ3v) is 2.87. The van der Waals surface area contributed by atoms with E-state index in [9.17, 15) is 4.79 Å². The molecule has 0 saturated heterocycles. The van der Waals surface area contributed by atoms with Gasteiger partial charge >= 0.3 is 0 Å². The van der Waals surface area contributed by atoms with Crippen molar-refractivity contribution in [3.05, 3.63) is 22.8 Å². The number of aromatic nitrogens is 1. The lowest BCUT2D eigenvalue weighted by atomic mass is 10.2. The molecule has 6 heteroatoms. The third-order valence-electron chi connectivity index (χ3n) is 2.58. The van der Waals surface area contributed by atoms with Crippen LogP contribution in [0.15, 0.2) is 12.3 Å². The van der Waals surface area contributed by atoms with Gasteiger partial charge in [-0.1, -0.05) is 11.6 Å². The van der Waals surface area contributed by atoms with Crippen LogP contribution >= 0.6 is 11.6 Å². The second kappa shape index (κ2) is 7.96. The van der Waals surface area contributed by atoms with E-state index in [-0.39, 0.29) is 11.9 Å². The second-order valence-corrected chi connectivity index (χ2v) is 4.65. The molecule has 0 aromatic carbocycles. The topological polar surface area (TPSA) is 63.2 Å². The Morgan fingerprint density at radius 2 is 2.32 bits per heavy atom. The predicted octanol–water partition coefficient (Wildman–Crippen LogP) is 2.32. The first-order valence-corrected chi connectivity index (χ1v) is 6.65. The van der Waals surface area contributed by atoms with Crippen molar-refractivity contribution in [3.8, 4) is 0 Å². The van der Waals surface area contributed by atoms with E-state index in [2.05, 4.69) is 15.6 Å². The van der Waals surface area contributed by atoms with E-state index in [1.54, 1.807) is 13.2 Å². The lowest BCUT2D eigenvalue weighted by molar-refractivity contribution is 0.0929. The minimum Gasteiger partial charge on any atom is -0.385 e. The van der Waals surface area contributed by atoms with Crippen molar-refractivity contribution in [1.82, 2.24) is 10.3 Å². The molecule has 0 fully saturated rings. The first-order chi connectivity index (χ1) is 9.08. The van der Waals surface area contributed by atoms with E-state index in [0.29, 0.717) is 23.0 Å². The van der Waals surface area contributed by atoms with Gasteiger partial charge in [-0.05, 0) is 26.3 Å². The highest BCUT2D eigenvalue weighted by Crippen LogP contribution is 2.19. The Bertz CT molecular complexity index is 426. The third kappa shape index (κ3) is 5.04. The minimum absolute atomic E-state index is 0.0414. The molecule has 19 heavy (non-hydrogen) atoms. The number of nitrogens with zero attached hydrogens (tertiary/aromatic N) is 1. The first kappa shape index (κ1) is 15.7. The molecule has 0 aliphatic rings. The number of anilines is 1. The fourth-order valence-corrected chi connectivity index (χ4v) is 1.77. The van der Waals surface area contributed by atoms with Crippen molar-refractivity contribution < 1.29 is 9.53 Å². The summed E-state index contributed by atoms with van der Waals surface area (Å²) in [6, 6.07) is 1.66. The molecule has 0 spiro atoms.